The average Bonchev–Trinajstić information content (AvgIpc) is 2.55. The molecule has 0 radical (unpaired) electrons. The second kappa shape index (κ2) is 7.53. The minimum absolute atomic E-state index is 0.0534. The van der Waals surface area contributed by atoms with E-state index in [1.54, 1.807) is 0 Å². The molecule has 5 unspecified atom stereocenters. The molecule has 0 aromatic heterocycles. The highest BCUT2D eigenvalue weighted by Crippen LogP contribution is 2.31. The monoisotopic (exact) mass is 326 g/mol. The highest BCUT2D eigenvalue weighted by Gasteiger charge is 2.44. The predicted molar refractivity (Wildman–Crippen MR) is 77.6 cm³/mol. The Morgan fingerprint density at radius 3 is 2.57 bits per heavy atom. The van der Waals surface area contributed by atoms with Gasteiger partial charge in [-0.3, -0.25) is 4.79 Å². The number of carbonyl (C=O) groups excluding carboxylic acids is 1. The molecule has 1 aliphatic heterocycles. The Labute approximate surface area is 131 Å². The second-order valence-electron chi connectivity index (χ2n) is 5.04. The highest BCUT2D eigenvalue weighted by molar-refractivity contribution is 5.74. The zero-order valence-electron chi connectivity index (χ0n) is 12.0. The smallest absolute Gasteiger partial charge is 0.229 e. The molecular weight excluding hydrogens is 308 g/mol. The molecule has 126 valence electrons. The van der Waals surface area contributed by atoms with Crippen LogP contribution in [0.3, 0.4) is 0 Å². The Morgan fingerprint density at radius 1 is 1.17 bits per heavy atom. The van der Waals surface area contributed by atoms with Crippen LogP contribution >= 0.6 is 0 Å². The van der Waals surface area contributed by atoms with Crippen molar-refractivity contribution in [3.8, 4) is 11.5 Å². The van der Waals surface area contributed by atoms with Crippen LogP contribution in [0.15, 0.2) is 24.3 Å². The van der Waals surface area contributed by atoms with Crippen LogP contribution in [0.25, 0.3) is 6.08 Å². The summed E-state index contributed by atoms with van der Waals surface area (Å²) in [5, 5.41) is 48.2. The fraction of sp³-hybridized carbons (Fsp3) is 0.400. The van der Waals surface area contributed by atoms with Crippen molar-refractivity contribution in [1.82, 2.24) is 0 Å². The molecule has 1 aliphatic rings. The zero-order chi connectivity index (χ0) is 17.0. The van der Waals surface area contributed by atoms with Gasteiger partial charge in [-0.2, -0.15) is 0 Å². The van der Waals surface area contributed by atoms with E-state index in [0.29, 0.717) is 11.8 Å². The van der Waals surface area contributed by atoms with Crippen LogP contribution in [0.1, 0.15) is 5.56 Å². The van der Waals surface area contributed by atoms with Gasteiger partial charge in [0.15, 0.2) is 11.5 Å². The molecule has 8 heteroatoms. The van der Waals surface area contributed by atoms with Crippen molar-refractivity contribution in [3.05, 3.63) is 29.8 Å². The van der Waals surface area contributed by atoms with Gasteiger partial charge in [-0.15, -0.1) is 0 Å². The van der Waals surface area contributed by atoms with Crippen LogP contribution in [0, 0.1) is 0 Å². The summed E-state index contributed by atoms with van der Waals surface area (Å²) in [5.74, 6) is -0.299. The summed E-state index contributed by atoms with van der Waals surface area (Å²) in [7, 11) is 0. The first-order chi connectivity index (χ1) is 11.0. The van der Waals surface area contributed by atoms with Crippen LogP contribution in [0.5, 0.6) is 11.5 Å². The first kappa shape index (κ1) is 17.4. The lowest BCUT2D eigenvalue weighted by molar-refractivity contribution is -0.277. The Kier molecular flexibility index (Phi) is 5.69. The summed E-state index contributed by atoms with van der Waals surface area (Å²) in [6, 6.07) is 4.26. The molecule has 0 bridgehead atoms. The van der Waals surface area contributed by atoms with Gasteiger partial charge < -0.3 is 35.0 Å². The summed E-state index contributed by atoms with van der Waals surface area (Å²) >= 11 is 0. The van der Waals surface area contributed by atoms with Crippen molar-refractivity contribution in [2.45, 2.75) is 30.7 Å². The predicted octanol–water partition coefficient (Wildman–Crippen LogP) is -1.22. The number of aromatic hydroxyl groups is 1. The van der Waals surface area contributed by atoms with Gasteiger partial charge in [-0.05, 0) is 23.8 Å². The number of ether oxygens (including phenoxy) is 2. The van der Waals surface area contributed by atoms with Crippen LogP contribution in [0.2, 0.25) is 0 Å². The molecule has 1 aromatic carbocycles. The number of hydrogen-bond donors (Lipinski definition) is 5. The van der Waals surface area contributed by atoms with Crippen LogP contribution in [-0.4, -0.2) is 69.1 Å². The van der Waals surface area contributed by atoms with Crippen molar-refractivity contribution in [2.75, 3.05) is 6.61 Å². The third-order valence-corrected chi connectivity index (χ3v) is 3.44. The maximum Gasteiger partial charge on any atom is 0.229 e. The van der Waals surface area contributed by atoms with Gasteiger partial charge in [0.05, 0.1) is 6.61 Å². The van der Waals surface area contributed by atoms with E-state index < -0.39 is 37.3 Å². The first-order valence-corrected chi connectivity index (χ1v) is 6.90. The molecule has 5 atom stereocenters. The lowest BCUT2D eigenvalue weighted by atomic mass is 9.99. The second-order valence-corrected chi connectivity index (χ2v) is 5.04. The lowest BCUT2D eigenvalue weighted by Gasteiger charge is -2.39. The summed E-state index contributed by atoms with van der Waals surface area (Å²) in [6.07, 6.45) is -3.85. The van der Waals surface area contributed by atoms with Gasteiger partial charge in [-0.1, -0.05) is 12.1 Å². The number of aliphatic hydroxyl groups is 4. The molecule has 0 saturated carbocycles. The number of allylic oxidation sites excluding steroid dienone is 1. The third-order valence-electron chi connectivity index (χ3n) is 3.44. The topological polar surface area (TPSA) is 137 Å². The zero-order valence-corrected chi connectivity index (χ0v) is 12.0. The quantitative estimate of drug-likeness (QED) is 0.335. The first-order valence-electron chi connectivity index (χ1n) is 6.90. The number of carbonyl (C=O) groups is 1. The molecule has 0 aliphatic carbocycles. The molecule has 1 fully saturated rings. The molecule has 5 N–H and O–H groups in total. The van der Waals surface area contributed by atoms with Gasteiger partial charge >= 0.3 is 0 Å². The summed E-state index contributed by atoms with van der Waals surface area (Å²) in [6.45, 7) is -0.584. The number of hydrogen-bond acceptors (Lipinski definition) is 8. The van der Waals surface area contributed by atoms with Gasteiger partial charge in [0.25, 0.3) is 0 Å². The van der Waals surface area contributed by atoms with E-state index in [-0.39, 0.29) is 11.5 Å². The fourth-order valence-corrected chi connectivity index (χ4v) is 2.17. The fourth-order valence-electron chi connectivity index (χ4n) is 2.17. The van der Waals surface area contributed by atoms with E-state index in [4.69, 9.17) is 14.6 Å². The Hall–Kier alpha value is -1.97. The van der Waals surface area contributed by atoms with Gasteiger partial charge in [0, 0.05) is 0 Å². The molecule has 1 aromatic rings. The van der Waals surface area contributed by atoms with Crippen molar-refractivity contribution < 1.29 is 39.8 Å². The molecule has 1 heterocycles. The minimum Gasteiger partial charge on any atom is -0.504 e. The van der Waals surface area contributed by atoms with Gasteiger partial charge in [-0.25, -0.2) is 0 Å². The van der Waals surface area contributed by atoms with Crippen molar-refractivity contribution in [3.63, 3.8) is 0 Å². The van der Waals surface area contributed by atoms with E-state index in [1.807, 2.05) is 0 Å². The average molecular weight is 326 g/mol. The summed E-state index contributed by atoms with van der Waals surface area (Å²) < 4.78 is 10.5. The molecule has 2 rings (SSSR count). The molecule has 23 heavy (non-hydrogen) atoms. The maximum absolute atomic E-state index is 10.3. The largest absolute Gasteiger partial charge is 0.504 e. The number of phenols is 1. The van der Waals surface area contributed by atoms with E-state index in [1.165, 1.54) is 30.4 Å². The molecule has 0 amide bonds. The van der Waals surface area contributed by atoms with E-state index in [0.717, 1.165) is 0 Å². The molecular formula is C15H18O8. The van der Waals surface area contributed by atoms with E-state index in [9.17, 15) is 25.2 Å². The Balaban J connectivity index is 2.20. The van der Waals surface area contributed by atoms with Gasteiger partial charge in [0.2, 0.25) is 6.29 Å². The van der Waals surface area contributed by atoms with Crippen LogP contribution < -0.4 is 4.74 Å². The SMILES string of the molecule is O=CC=Cc1ccc(O)c(OC2OC(CO)C(O)C(O)C2O)c1. The van der Waals surface area contributed by atoms with Crippen LogP contribution in [0.4, 0.5) is 0 Å². The Morgan fingerprint density at radius 2 is 1.91 bits per heavy atom. The highest BCUT2D eigenvalue weighted by atomic mass is 16.7. The molecule has 8 nitrogen and oxygen atoms in total. The van der Waals surface area contributed by atoms with Gasteiger partial charge in [0.1, 0.15) is 30.7 Å². The standard InChI is InChI=1S/C15H18O8/c16-5-1-2-8-3-4-9(18)10(6-8)22-15-14(21)13(20)12(19)11(7-17)23-15/h1-6,11-15,17-21H,7H2. The van der Waals surface area contributed by atoms with E-state index >= 15 is 0 Å². The normalized spacial score (nSPS) is 31.2. The number of rotatable bonds is 5. The van der Waals surface area contributed by atoms with Crippen molar-refractivity contribution in [2.24, 2.45) is 0 Å². The van der Waals surface area contributed by atoms with Crippen molar-refractivity contribution in [1.29, 1.82) is 0 Å². The number of benzene rings is 1. The number of aldehydes is 1. The number of aliphatic hydroxyl groups excluding tert-OH is 4. The number of phenolic OH excluding ortho intramolecular Hbond substituents is 1. The molecule has 0 spiro atoms. The summed E-state index contributed by atoms with van der Waals surface area (Å²) in [5.41, 5.74) is 0.550. The van der Waals surface area contributed by atoms with Crippen LogP contribution in [-0.2, 0) is 9.53 Å². The Bertz CT molecular complexity index is 571. The maximum atomic E-state index is 10.3. The van der Waals surface area contributed by atoms with E-state index in [2.05, 4.69) is 0 Å². The van der Waals surface area contributed by atoms with Crippen molar-refractivity contribution >= 4 is 12.4 Å². The summed E-state index contributed by atoms with van der Waals surface area (Å²) in [4.78, 5) is 10.3. The minimum atomic E-state index is -1.58. The molecule has 1 saturated heterocycles. The third kappa shape index (κ3) is 3.87. The lowest BCUT2D eigenvalue weighted by Crippen LogP contribution is -2.60.